The van der Waals surface area contributed by atoms with Crippen LogP contribution in [0.5, 0.6) is 0 Å². The minimum Gasteiger partial charge on any atom is -0.376 e. The summed E-state index contributed by atoms with van der Waals surface area (Å²) >= 11 is 0. The van der Waals surface area contributed by atoms with Crippen molar-refractivity contribution in [1.29, 1.82) is 0 Å². The van der Waals surface area contributed by atoms with Crippen LogP contribution in [0.1, 0.15) is 19.3 Å². The maximum Gasteiger partial charge on any atom is 0.0869 e. The first-order chi connectivity index (χ1) is 4.97. The number of ether oxygens (including phenoxy) is 2. The molecule has 0 saturated carbocycles. The van der Waals surface area contributed by atoms with Gasteiger partial charge < -0.3 is 9.47 Å². The van der Waals surface area contributed by atoms with Gasteiger partial charge in [0.05, 0.1) is 12.2 Å². The second kappa shape index (κ2) is 2.89. The van der Waals surface area contributed by atoms with E-state index in [9.17, 15) is 0 Å². The van der Waals surface area contributed by atoms with Crippen molar-refractivity contribution >= 4 is 0 Å². The van der Waals surface area contributed by atoms with Gasteiger partial charge in [-0.2, -0.15) is 0 Å². The van der Waals surface area contributed by atoms with Crippen LogP contribution in [0.2, 0.25) is 0 Å². The summed E-state index contributed by atoms with van der Waals surface area (Å²) in [5.74, 6) is 0. The highest BCUT2D eigenvalue weighted by Crippen LogP contribution is 2.23. The average molecular weight is 141 g/mol. The molecule has 2 aliphatic rings. The van der Waals surface area contributed by atoms with Crippen molar-refractivity contribution in [1.82, 2.24) is 0 Å². The molecule has 0 amide bonds. The first-order valence-electron chi connectivity index (χ1n) is 4.03. The number of hydrogen-bond acceptors (Lipinski definition) is 2. The van der Waals surface area contributed by atoms with Crippen molar-refractivity contribution in [3.05, 3.63) is 6.42 Å². The molecule has 0 aromatic heterocycles. The van der Waals surface area contributed by atoms with Crippen LogP contribution in [0.15, 0.2) is 0 Å². The van der Waals surface area contributed by atoms with E-state index in [0.717, 1.165) is 19.6 Å². The summed E-state index contributed by atoms with van der Waals surface area (Å²) in [5, 5.41) is 0. The maximum absolute atomic E-state index is 5.48. The lowest BCUT2D eigenvalue weighted by Crippen LogP contribution is -2.24. The number of hydrogen-bond donors (Lipinski definition) is 0. The topological polar surface area (TPSA) is 18.5 Å². The summed E-state index contributed by atoms with van der Waals surface area (Å²) in [5.41, 5.74) is 0. The zero-order chi connectivity index (χ0) is 6.81. The van der Waals surface area contributed by atoms with Crippen LogP contribution in [0, 0.1) is 6.42 Å². The zero-order valence-corrected chi connectivity index (χ0v) is 6.08. The third kappa shape index (κ3) is 1.18. The predicted molar refractivity (Wildman–Crippen MR) is 37.6 cm³/mol. The summed E-state index contributed by atoms with van der Waals surface area (Å²) < 4.78 is 10.9. The van der Waals surface area contributed by atoms with Gasteiger partial charge in [-0.15, -0.1) is 0 Å². The van der Waals surface area contributed by atoms with E-state index in [1.807, 2.05) is 0 Å². The van der Waals surface area contributed by atoms with Gasteiger partial charge in [0.15, 0.2) is 0 Å². The lowest BCUT2D eigenvalue weighted by molar-refractivity contribution is -0.00623. The molecule has 0 bridgehead atoms. The van der Waals surface area contributed by atoms with Crippen molar-refractivity contribution in [2.24, 2.45) is 0 Å². The summed E-state index contributed by atoms with van der Waals surface area (Å²) in [7, 11) is 0. The average Bonchev–Trinajstić information content (AvgIpc) is 2.59. The van der Waals surface area contributed by atoms with Gasteiger partial charge in [-0.25, -0.2) is 0 Å². The van der Waals surface area contributed by atoms with Gasteiger partial charge >= 0.3 is 0 Å². The molecule has 2 fully saturated rings. The molecule has 2 atom stereocenters. The van der Waals surface area contributed by atoms with E-state index in [-0.39, 0.29) is 0 Å². The van der Waals surface area contributed by atoms with Gasteiger partial charge in [0.2, 0.25) is 0 Å². The van der Waals surface area contributed by atoms with E-state index in [4.69, 9.17) is 9.47 Å². The molecule has 2 aliphatic heterocycles. The van der Waals surface area contributed by atoms with Crippen molar-refractivity contribution < 1.29 is 9.47 Å². The second-order valence-electron chi connectivity index (χ2n) is 2.91. The SMILES string of the molecule is [CH]1CCOC1C1CCCO1. The zero-order valence-electron chi connectivity index (χ0n) is 6.08. The van der Waals surface area contributed by atoms with E-state index >= 15 is 0 Å². The molecular formula is C8H13O2. The molecule has 10 heavy (non-hydrogen) atoms. The van der Waals surface area contributed by atoms with E-state index in [1.54, 1.807) is 0 Å². The molecule has 0 aromatic carbocycles. The van der Waals surface area contributed by atoms with Crippen LogP contribution >= 0.6 is 0 Å². The molecule has 0 N–H and O–H groups in total. The largest absolute Gasteiger partial charge is 0.376 e. The Labute approximate surface area is 61.5 Å². The molecule has 0 spiro atoms. The third-order valence-electron chi connectivity index (χ3n) is 2.16. The Morgan fingerprint density at radius 2 is 2.20 bits per heavy atom. The number of rotatable bonds is 1. The Hall–Kier alpha value is -0.0800. The van der Waals surface area contributed by atoms with Crippen LogP contribution in [-0.2, 0) is 9.47 Å². The van der Waals surface area contributed by atoms with Gasteiger partial charge in [0.25, 0.3) is 0 Å². The predicted octanol–water partition coefficient (Wildman–Crippen LogP) is 1.16. The molecule has 0 aliphatic carbocycles. The van der Waals surface area contributed by atoms with E-state index in [2.05, 4.69) is 6.42 Å². The molecule has 2 unspecified atom stereocenters. The smallest absolute Gasteiger partial charge is 0.0869 e. The normalized spacial score (nSPS) is 40.8. The lowest BCUT2D eigenvalue weighted by atomic mass is 10.1. The van der Waals surface area contributed by atoms with Crippen LogP contribution in [0.4, 0.5) is 0 Å². The highest BCUT2D eigenvalue weighted by Gasteiger charge is 2.29. The van der Waals surface area contributed by atoms with Crippen molar-refractivity contribution in [3.8, 4) is 0 Å². The van der Waals surface area contributed by atoms with E-state index < -0.39 is 0 Å². The first kappa shape index (κ1) is 6.62. The van der Waals surface area contributed by atoms with E-state index in [1.165, 1.54) is 12.8 Å². The summed E-state index contributed by atoms with van der Waals surface area (Å²) in [6, 6.07) is 0. The minimum absolute atomic E-state index is 0.308. The molecule has 1 radical (unpaired) electrons. The van der Waals surface area contributed by atoms with Gasteiger partial charge in [0.1, 0.15) is 0 Å². The fourth-order valence-corrected chi connectivity index (χ4v) is 1.63. The van der Waals surface area contributed by atoms with Gasteiger partial charge in [-0.3, -0.25) is 0 Å². The van der Waals surface area contributed by atoms with Crippen LogP contribution in [-0.4, -0.2) is 25.4 Å². The van der Waals surface area contributed by atoms with Gasteiger partial charge in [-0.1, -0.05) is 0 Å². The van der Waals surface area contributed by atoms with Crippen molar-refractivity contribution in [3.63, 3.8) is 0 Å². The summed E-state index contributed by atoms with van der Waals surface area (Å²) in [6.07, 6.45) is 6.41. The highest BCUT2D eigenvalue weighted by molar-refractivity contribution is 4.90. The Morgan fingerprint density at radius 1 is 1.20 bits per heavy atom. The monoisotopic (exact) mass is 141 g/mol. The fraction of sp³-hybridized carbons (Fsp3) is 0.875. The highest BCUT2D eigenvalue weighted by atomic mass is 16.5. The van der Waals surface area contributed by atoms with Crippen molar-refractivity contribution in [2.45, 2.75) is 31.5 Å². The Bertz CT molecular complexity index is 87.8. The maximum atomic E-state index is 5.48. The van der Waals surface area contributed by atoms with Crippen LogP contribution in [0.3, 0.4) is 0 Å². The van der Waals surface area contributed by atoms with E-state index in [0.29, 0.717) is 12.2 Å². The van der Waals surface area contributed by atoms with Gasteiger partial charge in [0, 0.05) is 13.2 Å². The molecule has 57 valence electrons. The third-order valence-corrected chi connectivity index (χ3v) is 2.16. The molecular weight excluding hydrogens is 128 g/mol. The molecule has 2 heterocycles. The fourth-order valence-electron chi connectivity index (χ4n) is 1.63. The van der Waals surface area contributed by atoms with Gasteiger partial charge in [-0.05, 0) is 25.7 Å². The van der Waals surface area contributed by atoms with Crippen LogP contribution < -0.4 is 0 Å². The molecule has 2 rings (SSSR count). The summed E-state index contributed by atoms with van der Waals surface area (Å²) in [6.45, 7) is 1.82. The molecule has 2 nitrogen and oxygen atoms in total. The second-order valence-corrected chi connectivity index (χ2v) is 2.91. The molecule has 2 saturated heterocycles. The first-order valence-corrected chi connectivity index (χ1v) is 4.03. The lowest BCUT2D eigenvalue weighted by Gasteiger charge is -2.15. The summed E-state index contributed by atoms with van der Waals surface area (Å²) in [4.78, 5) is 0. The van der Waals surface area contributed by atoms with Crippen LogP contribution in [0.25, 0.3) is 0 Å². The molecule has 2 heteroatoms. The van der Waals surface area contributed by atoms with Crippen molar-refractivity contribution in [2.75, 3.05) is 13.2 Å². The minimum atomic E-state index is 0.308. The molecule has 0 aromatic rings. The quantitative estimate of drug-likeness (QED) is 0.545. The Morgan fingerprint density at radius 3 is 2.80 bits per heavy atom. The Kier molecular flexibility index (Phi) is 1.91. The Balaban J connectivity index is 1.85. The standard InChI is InChI=1S/C8H13O2/c1-3-7(9-5-1)8-4-2-6-10-8/h3,7-8H,1-2,4-6H2.